The molecule has 2 heterocycles. The maximum atomic E-state index is 12.3. The molecule has 4 rings (SSSR count). The molecular formula is C21H16F3N7O3. The minimum Gasteiger partial charge on any atom is -0.439 e. The van der Waals surface area contributed by atoms with Gasteiger partial charge >= 0.3 is 6.36 Å². The third-order valence-electron chi connectivity index (χ3n) is 4.24. The Balaban J connectivity index is 1.38. The van der Waals surface area contributed by atoms with Gasteiger partial charge in [0, 0.05) is 30.6 Å². The van der Waals surface area contributed by atoms with Gasteiger partial charge in [0.1, 0.15) is 11.5 Å². The minimum atomic E-state index is -4.76. The van der Waals surface area contributed by atoms with Crippen LogP contribution in [0.4, 0.5) is 24.8 Å². The second-order valence-electron chi connectivity index (χ2n) is 6.63. The van der Waals surface area contributed by atoms with Gasteiger partial charge in [-0.25, -0.2) is 4.98 Å². The zero-order valence-electron chi connectivity index (χ0n) is 17.4. The van der Waals surface area contributed by atoms with Crippen LogP contribution in [0, 0.1) is 0 Å². The van der Waals surface area contributed by atoms with E-state index in [4.69, 9.17) is 4.74 Å². The second kappa shape index (κ2) is 9.44. The molecule has 2 aromatic carbocycles. The minimum absolute atomic E-state index is 0.0128. The van der Waals surface area contributed by atoms with Gasteiger partial charge in [-0.1, -0.05) is 0 Å². The van der Waals surface area contributed by atoms with E-state index in [1.54, 1.807) is 24.3 Å². The molecule has 3 N–H and O–H groups in total. The number of carbonyl (C=O) groups is 1. The number of ether oxygens (including phenoxy) is 2. The molecule has 34 heavy (non-hydrogen) atoms. The first-order valence-electron chi connectivity index (χ1n) is 9.68. The van der Waals surface area contributed by atoms with E-state index >= 15 is 0 Å². The Morgan fingerprint density at radius 1 is 0.971 bits per heavy atom. The van der Waals surface area contributed by atoms with E-state index in [0.717, 1.165) is 0 Å². The molecule has 0 bridgehead atoms. The normalized spacial score (nSPS) is 11.1. The van der Waals surface area contributed by atoms with Gasteiger partial charge in [-0.2, -0.15) is 9.97 Å². The van der Waals surface area contributed by atoms with Gasteiger partial charge in [-0.3, -0.25) is 9.89 Å². The lowest BCUT2D eigenvalue weighted by Gasteiger charge is -2.08. The Hall–Kier alpha value is -4.68. The Morgan fingerprint density at radius 3 is 2.35 bits per heavy atom. The highest BCUT2D eigenvalue weighted by atomic mass is 19.4. The number of carbonyl (C=O) groups excluding carboxylic acids is 1. The Labute approximate surface area is 190 Å². The number of amides is 1. The number of halogens is 3. The number of aromatic nitrogens is 5. The Morgan fingerprint density at radius 2 is 1.68 bits per heavy atom. The molecule has 0 radical (unpaired) electrons. The average molecular weight is 471 g/mol. The molecule has 0 aliphatic carbocycles. The van der Waals surface area contributed by atoms with Crippen LogP contribution in [0.1, 0.15) is 10.6 Å². The molecule has 10 nitrogen and oxygen atoms in total. The highest BCUT2D eigenvalue weighted by Gasteiger charge is 2.31. The number of rotatable bonds is 7. The van der Waals surface area contributed by atoms with Crippen molar-refractivity contribution in [1.29, 1.82) is 0 Å². The van der Waals surface area contributed by atoms with Crippen LogP contribution in [0.25, 0.3) is 11.4 Å². The smallest absolute Gasteiger partial charge is 0.439 e. The van der Waals surface area contributed by atoms with E-state index in [1.807, 2.05) is 0 Å². The highest BCUT2D eigenvalue weighted by molar-refractivity contribution is 5.90. The second-order valence-corrected chi connectivity index (χ2v) is 6.63. The highest BCUT2D eigenvalue weighted by Crippen LogP contribution is 2.26. The first-order chi connectivity index (χ1) is 16.3. The van der Waals surface area contributed by atoms with Gasteiger partial charge in [0.25, 0.3) is 5.91 Å². The fourth-order valence-corrected chi connectivity index (χ4v) is 2.74. The molecule has 0 unspecified atom stereocenters. The van der Waals surface area contributed by atoms with Crippen molar-refractivity contribution in [2.45, 2.75) is 6.36 Å². The maximum Gasteiger partial charge on any atom is 0.573 e. The van der Waals surface area contributed by atoms with E-state index in [2.05, 4.69) is 40.5 Å². The molecule has 0 aliphatic rings. The van der Waals surface area contributed by atoms with Gasteiger partial charge in [0.05, 0.1) is 0 Å². The van der Waals surface area contributed by atoms with Crippen molar-refractivity contribution in [2.24, 2.45) is 0 Å². The SMILES string of the molecule is CNC(=O)c1nccc(Oc2ccc(Nc3n[nH]c(-c4ccc(OC(F)(F)F)cc4)n3)cc2)n1. The molecule has 4 aromatic rings. The van der Waals surface area contributed by atoms with Crippen LogP contribution in [-0.2, 0) is 0 Å². The topological polar surface area (TPSA) is 127 Å². The van der Waals surface area contributed by atoms with Crippen LogP contribution >= 0.6 is 0 Å². The third kappa shape index (κ3) is 5.76. The molecule has 13 heteroatoms. The lowest BCUT2D eigenvalue weighted by Crippen LogP contribution is -2.20. The van der Waals surface area contributed by atoms with Gasteiger partial charge in [0.2, 0.25) is 17.7 Å². The molecule has 0 saturated carbocycles. The van der Waals surface area contributed by atoms with Crippen molar-refractivity contribution in [3.05, 3.63) is 66.6 Å². The molecular weight excluding hydrogens is 455 g/mol. The molecule has 0 saturated heterocycles. The number of benzene rings is 2. The lowest BCUT2D eigenvalue weighted by atomic mass is 10.2. The van der Waals surface area contributed by atoms with E-state index in [9.17, 15) is 18.0 Å². The average Bonchev–Trinajstić information content (AvgIpc) is 3.28. The number of nitrogens with zero attached hydrogens (tertiary/aromatic N) is 4. The van der Waals surface area contributed by atoms with E-state index in [-0.39, 0.29) is 23.4 Å². The Kier molecular flexibility index (Phi) is 6.25. The zero-order chi connectivity index (χ0) is 24.1. The van der Waals surface area contributed by atoms with Crippen molar-refractivity contribution in [1.82, 2.24) is 30.5 Å². The van der Waals surface area contributed by atoms with Crippen LogP contribution in [0.2, 0.25) is 0 Å². The van der Waals surface area contributed by atoms with Crippen molar-refractivity contribution in [3.63, 3.8) is 0 Å². The fraction of sp³-hybridized carbons (Fsp3) is 0.0952. The van der Waals surface area contributed by atoms with Gasteiger partial charge in [-0.15, -0.1) is 18.3 Å². The van der Waals surface area contributed by atoms with Crippen LogP contribution in [0.5, 0.6) is 17.4 Å². The molecule has 0 aliphatic heterocycles. The lowest BCUT2D eigenvalue weighted by molar-refractivity contribution is -0.274. The summed E-state index contributed by atoms with van der Waals surface area (Å²) in [5.41, 5.74) is 1.18. The van der Waals surface area contributed by atoms with Crippen molar-refractivity contribution in [3.8, 4) is 28.8 Å². The summed E-state index contributed by atoms with van der Waals surface area (Å²) >= 11 is 0. The number of aromatic amines is 1. The monoisotopic (exact) mass is 471 g/mol. The van der Waals surface area contributed by atoms with E-state index < -0.39 is 12.3 Å². The van der Waals surface area contributed by atoms with Crippen LogP contribution < -0.4 is 20.1 Å². The number of hydrogen-bond acceptors (Lipinski definition) is 8. The van der Waals surface area contributed by atoms with Crippen LogP contribution in [0.3, 0.4) is 0 Å². The number of H-pyrrole nitrogens is 1. The standard InChI is InChI=1S/C21H16F3N7O3/c1-25-19(32)18-26-11-10-16(28-18)33-14-8-4-13(5-9-14)27-20-29-17(30-31-20)12-2-6-15(7-3-12)34-21(22,23)24/h2-11H,1H3,(H,25,32)(H2,27,29,30,31). The molecule has 1 amide bonds. The summed E-state index contributed by atoms with van der Waals surface area (Å²) in [6.07, 6.45) is -3.34. The van der Waals surface area contributed by atoms with Gasteiger partial charge < -0.3 is 20.1 Å². The first-order valence-corrected chi connectivity index (χ1v) is 9.68. The Bertz CT molecular complexity index is 1280. The summed E-state index contributed by atoms with van der Waals surface area (Å²) < 4.78 is 46.3. The van der Waals surface area contributed by atoms with Crippen molar-refractivity contribution in [2.75, 3.05) is 12.4 Å². The first kappa shape index (κ1) is 22.5. The number of alkyl halides is 3. The molecule has 0 spiro atoms. The molecule has 0 fully saturated rings. The van der Waals surface area contributed by atoms with Gasteiger partial charge in [0.15, 0.2) is 5.82 Å². The predicted molar refractivity (Wildman–Crippen MR) is 114 cm³/mol. The predicted octanol–water partition coefficient (Wildman–Crippen LogP) is 4.06. The zero-order valence-corrected chi connectivity index (χ0v) is 17.4. The summed E-state index contributed by atoms with van der Waals surface area (Å²) in [7, 11) is 1.48. The van der Waals surface area contributed by atoms with E-state index in [0.29, 0.717) is 22.8 Å². The summed E-state index contributed by atoms with van der Waals surface area (Å²) in [6, 6.07) is 13.5. The molecule has 174 valence electrons. The fourth-order valence-electron chi connectivity index (χ4n) is 2.74. The number of hydrogen-bond donors (Lipinski definition) is 3. The molecule has 2 aromatic heterocycles. The van der Waals surface area contributed by atoms with Crippen molar-refractivity contribution < 1.29 is 27.4 Å². The largest absolute Gasteiger partial charge is 0.573 e. The van der Waals surface area contributed by atoms with Crippen LogP contribution in [0.15, 0.2) is 60.8 Å². The van der Waals surface area contributed by atoms with E-state index in [1.165, 1.54) is 43.6 Å². The number of nitrogens with one attached hydrogen (secondary N) is 3. The van der Waals surface area contributed by atoms with Crippen molar-refractivity contribution >= 4 is 17.5 Å². The quantitative estimate of drug-likeness (QED) is 0.368. The summed E-state index contributed by atoms with van der Waals surface area (Å²) in [6.45, 7) is 0. The number of anilines is 2. The van der Waals surface area contributed by atoms with Crippen LogP contribution in [-0.4, -0.2) is 44.5 Å². The third-order valence-corrected chi connectivity index (χ3v) is 4.24. The van der Waals surface area contributed by atoms with Gasteiger partial charge in [-0.05, 0) is 48.5 Å². The summed E-state index contributed by atoms with van der Waals surface area (Å²) in [4.78, 5) is 23.8. The maximum absolute atomic E-state index is 12.3. The summed E-state index contributed by atoms with van der Waals surface area (Å²) in [5.74, 6) is 0.524. The summed E-state index contributed by atoms with van der Waals surface area (Å²) in [5, 5.41) is 12.2. The molecule has 0 atom stereocenters.